The second kappa shape index (κ2) is 10.4. The van der Waals surface area contributed by atoms with Crippen molar-refractivity contribution in [3.05, 3.63) is 65.0 Å². The molecule has 2 fully saturated rings. The number of para-hydroxylation sites is 1. The van der Waals surface area contributed by atoms with Gasteiger partial charge in [-0.25, -0.2) is 4.98 Å². The largest absolute Gasteiger partial charge is 0.481 e. The van der Waals surface area contributed by atoms with Gasteiger partial charge in [0.05, 0.1) is 25.3 Å². The molecule has 3 unspecified atom stereocenters. The molecule has 1 aliphatic heterocycles. The Balaban J connectivity index is 1.37. The number of benzene rings is 2. The molecule has 3 atom stereocenters. The van der Waals surface area contributed by atoms with Gasteiger partial charge in [-0.3, -0.25) is 14.4 Å². The van der Waals surface area contributed by atoms with Crippen LogP contribution in [-0.4, -0.2) is 52.0 Å². The van der Waals surface area contributed by atoms with E-state index in [0.717, 1.165) is 54.6 Å². The number of carbonyl (C=O) groups is 3. The molecule has 6 rings (SSSR count). The molecule has 3 aromatic rings. The number of fused-ring (bicyclic) bond motifs is 2. The van der Waals surface area contributed by atoms with Gasteiger partial charge in [0, 0.05) is 46.6 Å². The quantitative estimate of drug-likeness (QED) is 0.399. The molecule has 2 amide bonds. The Morgan fingerprint density at radius 2 is 1.90 bits per heavy atom. The lowest BCUT2D eigenvalue weighted by Gasteiger charge is -2.48. The molecule has 202 valence electrons. The van der Waals surface area contributed by atoms with Gasteiger partial charge in [0.25, 0.3) is 11.1 Å². The highest BCUT2D eigenvalue weighted by Crippen LogP contribution is 2.53. The van der Waals surface area contributed by atoms with Crippen molar-refractivity contribution < 1.29 is 24.2 Å². The van der Waals surface area contributed by atoms with E-state index in [2.05, 4.69) is 4.98 Å². The summed E-state index contributed by atoms with van der Waals surface area (Å²) in [5.41, 5.74) is 4.03. The summed E-state index contributed by atoms with van der Waals surface area (Å²) in [6.45, 7) is 0. The molecule has 2 aliphatic carbocycles. The van der Waals surface area contributed by atoms with Gasteiger partial charge in [0.15, 0.2) is 0 Å². The maximum absolute atomic E-state index is 14.2. The first-order valence-electron chi connectivity index (χ1n) is 13.5. The lowest BCUT2D eigenvalue weighted by atomic mass is 9.81. The van der Waals surface area contributed by atoms with Crippen molar-refractivity contribution >= 4 is 34.8 Å². The third-order valence-corrected chi connectivity index (χ3v) is 8.95. The number of aromatic nitrogens is 1. The molecular formula is C30H31N3O5S. The van der Waals surface area contributed by atoms with Gasteiger partial charge in [-0.05, 0) is 49.4 Å². The van der Waals surface area contributed by atoms with Crippen LogP contribution >= 0.6 is 11.3 Å². The van der Waals surface area contributed by atoms with Gasteiger partial charge in [0.1, 0.15) is 0 Å². The van der Waals surface area contributed by atoms with E-state index in [1.807, 2.05) is 63.7 Å². The number of carboxylic acid groups (broad SMARTS) is 1. The van der Waals surface area contributed by atoms with Crippen molar-refractivity contribution in [1.82, 2.24) is 9.88 Å². The van der Waals surface area contributed by atoms with E-state index < -0.39 is 5.97 Å². The van der Waals surface area contributed by atoms with Crippen LogP contribution in [0.1, 0.15) is 66.9 Å². The zero-order valence-electron chi connectivity index (χ0n) is 21.8. The van der Waals surface area contributed by atoms with Gasteiger partial charge in [-0.2, -0.15) is 0 Å². The fraction of sp³-hybridized carbons (Fsp3) is 0.400. The lowest BCUT2D eigenvalue weighted by Crippen LogP contribution is -2.52. The second-order valence-corrected chi connectivity index (χ2v) is 11.4. The van der Waals surface area contributed by atoms with E-state index in [1.54, 1.807) is 7.11 Å². The third-order valence-electron chi connectivity index (χ3n) is 8.15. The number of nitrogens with zero attached hydrogens (tertiary/aromatic N) is 3. The minimum atomic E-state index is -0.961. The van der Waals surface area contributed by atoms with Crippen molar-refractivity contribution in [1.29, 1.82) is 0 Å². The van der Waals surface area contributed by atoms with E-state index in [4.69, 9.17) is 4.74 Å². The first kappa shape index (κ1) is 25.6. The molecule has 0 radical (unpaired) electrons. The van der Waals surface area contributed by atoms with Crippen LogP contribution in [0.2, 0.25) is 0 Å². The van der Waals surface area contributed by atoms with Crippen molar-refractivity contribution in [3.8, 4) is 16.5 Å². The van der Waals surface area contributed by atoms with Crippen LogP contribution in [0.25, 0.3) is 11.3 Å². The number of thiazole rings is 1. The summed E-state index contributed by atoms with van der Waals surface area (Å²) >= 11 is 1.41. The summed E-state index contributed by atoms with van der Waals surface area (Å²) in [4.78, 5) is 47.3. The fourth-order valence-electron chi connectivity index (χ4n) is 6.36. The van der Waals surface area contributed by atoms with E-state index >= 15 is 0 Å². The molecule has 2 heterocycles. The Labute approximate surface area is 231 Å². The number of carbonyl (C=O) groups excluding carboxylic acids is 2. The fourth-order valence-corrected chi connectivity index (χ4v) is 7.00. The van der Waals surface area contributed by atoms with Crippen LogP contribution in [-0.2, 0) is 9.59 Å². The monoisotopic (exact) mass is 545 g/mol. The summed E-state index contributed by atoms with van der Waals surface area (Å²) in [7, 11) is 1.59. The third kappa shape index (κ3) is 4.80. The smallest absolute Gasteiger partial charge is 0.303 e. The standard InChI is InChI=1S/C30H31N3O5S/c1-38-30-31-23(17-39-30)18-6-4-7-19(16-18)29(37)33-24-10-3-2-8-21(24)28(22-9-5-11-25(22)33)32(20-12-13-20)26(34)14-15-27(35)36/h2-4,6-8,10,16-17,20,22,25,28H,5,9,11-15H2,1H3,(H,35,36). The molecule has 1 aromatic heterocycles. The van der Waals surface area contributed by atoms with Crippen LogP contribution in [0, 0.1) is 5.92 Å². The number of aliphatic carboxylic acids is 1. The van der Waals surface area contributed by atoms with Crippen LogP contribution < -0.4 is 9.64 Å². The number of carboxylic acids is 1. The number of hydrogen-bond acceptors (Lipinski definition) is 6. The molecule has 0 bridgehead atoms. The minimum absolute atomic E-state index is 0.00126. The highest BCUT2D eigenvalue weighted by molar-refractivity contribution is 7.11. The average molecular weight is 546 g/mol. The van der Waals surface area contributed by atoms with Crippen molar-refractivity contribution in [2.24, 2.45) is 5.92 Å². The lowest BCUT2D eigenvalue weighted by molar-refractivity contribution is -0.142. The van der Waals surface area contributed by atoms with Crippen LogP contribution in [0.3, 0.4) is 0 Å². The highest BCUT2D eigenvalue weighted by Gasteiger charge is 2.51. The molecule has 3 aliphatic rings. The molecule has 0 spiro atoms. The van der Waals surface area contributed by atoms with Gasteiger partial charge in [-0.1, -0.05) is 48.1 Å². The van der Waals surface area contributed by atoms with Crippen LogP contribution in [0.5, 0.6) is 5.19 Å². The zero-order valence-corrected chi connectivity index (χ0v) is 22.6. The van der Waals surface area contributed by atoms with E-state index in [1.165, 1.54) is 11.3 Å². The molecule has 2 saturated carbocycles. The van der Waals surface area contributed by atoms with Crippen LogP contribution in [0.4, 0.5) is 5.69 Å². The number of anilines is 1. The maximum atomic E-state index is 14.2. The molecule has 1 N–H and O–H groups in total. The second-order valence-electron chi connectivity index (χ2n) is 10.6. The molecule has 2 aromatic carbocycles. The van der Waals surface area contributed by atoms with Crippen LogP contribution in [0.15, 0.2) is 53.9 Å². The first-order chi connectivity index (χ1) is 19.0. The maximum Gasteiger partial charge on any atom is 0.303 e. The Morgan fingerprint density at radius 1 is 1.08 bits per heavy atom. The van der Waals surface area contributed by atoms with E-state index in [0.29, 0.717) is 10.8 Å². The Kier molecular flexibility index (Phi) is 6.85. The topological polar surface area (TPSA) is 100 Å². The predicted molar refractivity (Wildman–Crippen MR) is 148 cm³/mol. The Hall–Kier alpha value is -3.72. The molecule has 0 saturated heterocycles. The first-order valence-corrected chi connectivity index (χ1v) is 14.4. The van der Waals surface area contributed by atoms with Gasteiger partial charge >= 0.3 is 5.97 Å². The number of hydrogen-bond donors (Lipinski definition) is 1. The highest BCUT2D eigenvalue weighted by atomic mass is 32.1. The van der Waals surface area contributed by atoms with Gasteiger partial charge in [0.2, 0.25) is 5.91 Å². The van der Waals surface area contributed by atoms with Crippen molar-refractivity contribution in [2.75, 3.05) is 12.0 Å². The summed E-state index contributed by atoms with van der Waals surface area (Å²) in [6, 6.07) is 15.4. The van der Waals surface area contributed by atoms with Gasteiger partial charge < -0.3 is 19.6 Å². The Bertz CT molecular complexity index is 1420. The van der Waals surface area contributed by atoms with E-state index in [9.17, 15) is 19.5 Å². The number of methoxy groups -OCH3 is 1. The molecule has 9 heteroatoms. The number of amides is 2. The number of ether oxygens (including phenoxy) is 1. The summed E-state index contributed by atoms with van der Waals surface area (Å²) in [5, 5.41) is 11.7. The Morgan fingerprint density at radius 3 is 2.64 bits per heavy atom. The summed E-state index contributed by atoms with van der Waals surface area (Å²) in [5.74, 6) is -1.02. The number of rotatable bonds is 8. The van der Waals surface area contributed by atoms with E-state index in [-0.39, 0.29) is 48.7 Å². The molecule has 8 nitrogen and oxygen atoms in total. The minimum Gasteiger partial charge on any atom is -0.481 e. The zero-order chi connectivity index (χ0) is 27.1. The normalized spacial score (nSPS) is 21.7. The molecule has 39 heavy (non-hydrogen) atoms. The van der Waals surface area contributed by atoms with Crippen molar-refractivity contribution in [3.63, 3.8) is 0 Å². The summed E-state index contributed by atoms with van der Waals surface area (Å²) in [6.07, 6.45) is 4.46. The van der Waals surface area contributed by atoms with Crippen molar-refractivity contribution in [2.45, 2.75) is 63.1 Å². The summed E-state index contributed by atoms with van der Waals surface area (Å²) < 4.78 is 5.25. The predicted octanol–water partition coefficient (Wildman–Crippen LogP) is 5.54. The SMILES string of the molecule is COc1nc(-c2cccc(C(=O)N3c4ccccc4C(N(C(=O)CCC(=O)O)C4CC4)C4CCCC43)c2)cs1. The average Bonchev–Trinajstić information content (AvgIpc) is 3.45. The van der Waals surface area contributed by atoms with Gasteiger partial charge in [-0.15, -0.1) is 0 Å². The molecular weight excluding hydrogens is 514 g/mol.